The van der Waals surface area contributed by atoms with Crippen LogP contribution in [0.1, 0.15) is 48.5 Å². The molecule has 0 amide bonds. The van der Waals surface area contributed by atoms with E-state index in [1.165, 1.54) is 24.3 Å². The van der Waals surface area contributed by atoms with Gasteiger partial charge in [-0.2, -0.15) is 13.2 Å². The summed E-state index contributed by atoms with van der Waals surface area (Å²) in [7, 11) is 0. The molecule has 1 saturated carbocycles. The third-order valence-corrected chi connectivity index (χ3v) is 4.68. The fourth-order valence-electron chi connectivity index (χ4n) is 3.32. The molecule has 1 fully saturated rings. The summed E-state index contributed by atoms with van der Waals surface area (Å²) in [6.45, 7) is 2.15. The van der Waals surface area contributed by atoms with Gasteiger partial charge in [-0.15, -0.1) is 0 Å². The van der Waals surface area contributed by atoms with E-state index in [0.29, 0.717) is 23.2 Å². The number of fused-ring (bicyclic) bond motifs is 1. The van der Waals surface area contributed by atoms with Crippen LogP contribution in [0.15, 0.2) is 30.3 Å². The van der Waals surface area contributed by atoms with E-state index in [0.717, 1.165) is 25.7 Å². The van der Waals surface area contributed by atoms with Gasteiger partial charge >= 0.3 is 6.18 Å². The number of hydrogen-bond donors (Lipinski definition) is 0. The zero-order valence-corrected chi connectivity index (χ0v) is 13.4. The molecule has 0 atom stereocenters. The van der Waals surface area contributed by atoms with E-state index in [2.05, 4.69) is 6.92 Å². The summed E-state index contributed by atoms with van der Waals surface area (Å²) in [5.74, 6) is 0.485. The van der Waals surface area contributed by atoms with Gasteiger partial charge in [-0.1, -0.05) is 25.1 Å². The number of ether oxygens (including phenoxy) is 1. The molecule has 1 aliphatic carbocycles. The van der Waals surface area contributed by atoms with Gasteiger partial charge in [0.15, 0.2) is 0 Å². The van der Waals surface area contributed by atoms with Gasteiger partial charge < -0.3 is 4.74 Å². The van der Waals surface area contributed by atoms with E-state index in [9.17, 15) is 18.0 Å². The Hall–Kier alpha value is -2.04. The van der Waals surface area contributed by atoms with Crippen LogP contribution in [0.2, 0.25) is 0 Å². The molecule has 2 aromatic carbocycles. The molecule has 0 N–H and O–H groups in total. The number of benzene rings is 2. The predicted octanol–water partition coefficient (Wildman–Crippen LogP) is 5.63. The first kappa shape index (κ1) is 16.8. The van der Waals surface area contributed by atoms with Crippen molar-refractivity contribution in [1.82, 2.24) is 0 Å². The van der Waals surface area contributed by atoms with Crippen molar-refractivity contribution in [2.24, 2.45) is 5.92 Å². The maximum atomic E-state index is 13.6. The predicted molar refractivity (Wildman–Crippen MR) is 86.4 cm³/mol. The van der Waals surface area contributed by atoms with Crippen LogP contribution in [0.4, 0.5) is 13.2 Å². The molecule has 128 valence electrons. The van der Waals surface area contributed by atoms with Gasteiger partial charge in [0.25, 0.3) is 0 Å². The lowest BCUT2D eigenvalue weighted by molar-refractivity contribution is -0.138. The van der Waals surface area contributed by atoms with Crippen LogP contribution in [-0.4, -0.2) is 12.4 Å². The van der Waals surface area contributed by atoms with Gasteiger partial charge in [-0.05, 0) is 54.5 Å². The highest BCUT2D eigenvalue weighted by Gasteiger charge is 2.37. The van der Waals surface area contributed by atoms with Crippen molar-refractivity contribution in [2.75, 3.05) is 0 Å². The zero-order valence-electron chi connectivity index (χ0n) is 13.4. The maximum absolute atomic E-state index is 13.6. The monoisotopic (exact) mass is 336 g/mol. The summed E-state index contributed by atoms with van der Waals surface area (Å²) < 4.78 is 46.6. The standard InChI is InChI=1S/C19H19F3O2/c1-12-2-6-15(7-3-12)24-17-9-5-14-10-13(11-23)4-8-16(14)18(17)19(20,21)22/h4-5,8-12,15H,2-3,6-7H2,1H3/t12-,15+. The lowest BCUT2D eigenvalue weighted by Crippen LogP contribution is -2.24. The summed E-state index contributed by atoms with van der Waals surface area (Å²) in [5.41, 5.74) is -0.401. The van der Waals surface area contributed by atoms with Crippen LogP contribution < -0.4 is 4.74 Å². The fourth-order valence-corrected chi connectivity index (χ4v) is 3.32. The van der Waals surface area contributed by atoms with Crippen molar-refractivity contribution in [3.63, 3.8) is 0 Å². The third kappa shape index (κ3) is 3.40. The Balaban J connectivity index is 2.02. The first-order valence-electron chi connectivity index (χ1n) is 8.14. The van der Waals surface area contributed by atoms with Gasteiger partial charge in [-0.3, -0.25) is 4.79 Å². The second-order valence-corrected chi connectivity index (χ2v) is 6.53. The number of aldehydes is 1. The van der Waals surface area contributed by atoms with Crippen LogP contribution in [0.5, 0.6) is 5.75 Å². The van der Waals surface area contributed by atoms with E-state index < -0.39 is 11.7 Å². The van der Waals surface area contributed by atoms with E-state index in [4.69, 9.17) is 4.74 Å². The number of carbonyl (C=O) groups is 1. The topological polar surface area (TPSA) is 26.3 Å². The van der Waals surface area contributed by atoms with E-state index in [1.54, 1.807) is 6.07 Å². The Bertz CT molecular complexity index is 744. The van der Waals surface area contributed by atoms with Crippen molar-refractivity contribution in [1.29, 1.82) is 0 Å². The molecule has 24 heavy (non-hydrogen) atoms. The Morgan fingerprint density at radius 1 is 1.08 bits per heavy atom. The normalized spacial score (nSPS) is 21.7. The van der Waals surface area contributed by atoms with Crippen molar-refractivity contribution < 1.29 is 22.7 Å². The first-order chi connectivity index (χ1) is 11.4. The SMILES string of the molecule is C[C@H]1CC[C@@H](Oc2ccc3cc(C=O)ccc3c2C(F)(F)F)CC1. The highest BCUT2D eigenvalue weighted by molar-refractivity contribution is 5.92. The summed E-state index contributed by atoms with van der Waals surface area (Å²) in [5, 5.41) is 0.450. The fraction of sp³-hybridized carbons (Fsp3) is 0.421. The van der Waals surface area contributed by atoms with Gasteiger partial charge in [0, 0.05) is 5.56 Å². The zero-order chi connectivity index (χ0) is 17.3. The number of carbonyl (C=O) groups excluding carboxylic acids is 1. The molecule has 2 aromatic rings. The number of hydrogen-bond acceptors (Lipinski definition) is 2. The summed E-state index contributed by atoms with van der Waals surface area (Å²) in [4.78, 5) is 10.8. The molecule has 0 spiro atoms. The molecule has 5 heteroatoms. The van der Waals surface area contributed by atoms with E-state index >= 15 is 0 Å². The molecule has 0 aromatic heterocycles. The number of alkyl halides is 3. The smallest absolute Gasteiger partial charge is 0.420 e. The van der Waals surface area contributed by atoms with Crippen LogP contribution >= 0.6 is 0 Å². The van der Waals surface area contributed by atoms with Gasteiger partial charge in [-0.25, -0.2) is 0 Å². The van der Waals surface area contributed by atoms with Crippen molar-refractivity contribution in [3.8, 4) is 5.75 Å². The molecule has 0 unspecified atom stereocenters. The highest BCUT2D eigenvalue weighted by atomic mass is 19.4. The Labute approximate surface area is 138 Å². The summed E-state index contributed by atoms with van der Waals surface area (Å²) in [6.07, 6.45) is -0.556. The quantitative estimate of drug-likeness (QED) is 0.679. The average Bonchev–Trinajstić information content (AvgIpc) is 2.55. The minimum absolute atomic E-state index is 0.0646. The molecule has 0 bridgehead atoms. The molecule has 0 saturated heterocycles. The van der Waals surface area contributed by atoms with Gasteiger partial charge in [0.2, 0.25) is 0 Å². The largest absolute Gasteiger partial charge is 0.490 e. The Morgan fingerprint density at radius 3 is 2.42 bits per heavy atom. The second-order valence-electron chi connectivity index (χ2n) is 6.53. The summed E-state index contributed by atoms with van der Waals surface area (Å²) >= 11 is 0. The Morgan fingerprint density at radius 2 is 1.79 bits per heavy atom. The molecular formula is C19H19F3O2. The molecular weight excluding hydrogens is 317 g/mol. The van der Waals surface area contributed by atoms with Crippen LogP contribution in [0.3, 0.4) is 0 Å². The molecule has 2 nitrogen and oxygen atoms in total. The molecule has 0 heterocycles. The number of rotatable bonds is 3. The maximum Gasteiger partial charge on any atom is 0.420 e. The van der Waals surface area contributed by atoms with Crippen molar-refractivity contribution >= 4 is 17.1 Å². The molecule has 1 aliphatic rings. The minimum Gasteiger partial charge on any atom is -0.490 e. The molecule has 3 rings (SSSR count). The Kier molecular flexibility index (Phi) is 4.52. The number of halogens is 3. The third-order valence-electron chi connectivity index (χ3n) is 4.68. The van der Waals surface area contributed by atoms with Crippen LogP contribution in [0, 0.1) is 5.92 Å². The minimum atomic E-state index is -4.51. The van der Waals surface area contributed by atoms with Gasteiger partial charge in [0.1, 0.15) is 17.6 Å². The van der Waals surface area contributed by atoms with Crippen LogP contribution in [0.25, 0.3) is 10.8 Å². The van der Waals surface area contributed by atoms with Crippen LogP contribution in [-0.2, 0) is 6.18 Å². The summed E-state index contributed by atoms with van der Waals surface area (Å²) in [6, 6.07) is 7.16. The average molecular weight is 336 g/mol. The second kappa shape index (κ2) is 6.46. The highest BCUT2D eigenvalue weighted by Crippen LogP contribution is 2.42. The van der Waals surface area contributed by atoms with Crippen molar-refractivity contribution in [3.05, 3.63) is 41.5 Å². The lowest BCUT2D eigenvalue weighted by atomic mass is 9.89. The molecule has 0 aliphatic heterocycles. The van der Waals surface area contributed by atoms with Crippen molar-refractivity contribution in [2.45, 2.75) is 44.9 Å². The van der Waals surface area contributed by atoms with E-state index in [-0.39, 0.29) is 17.2 Å². The molecule has 0 radical (unpaired) electrons. The first-order valence-corrected chi connectivity index (χ1v) is 8.14. The van der Waals surface area contributed by atoms with E-state index in [1.807, 2.05) is 0 Å². The lowest BCUT2D eigenvalue weighted by Gasteiger charge is -2.28. The van der Waals surface area contributed by atoms with Gasteiger partial charge in [0.05, 0.1) is 6.10 Å².